The number of hydrogen-bond donors (Lipinski definition) is 1. The van der Waals surface area contributed by atoms with Crippen LogP contribution in [0.5, 0.6) is 0 Å². The van der Waals surface area contributed by atoms with Crippen LogP contribution in [0.4, 0.5) is 0 Å². The highest BCUT2D eigenvalue weighted by molar-refractivity contribution is 5.99. The minimum Gasteiger partial charge on any atom is -0.402 e. The Labute approximate surface area is 78.8 Å². The summed E-state index contributed by atoms with van der Waals surface area (Å²) in [5.41, 5.74) is 7.93. The number of rotatable bonds is 1. The van der Waals surface area contributed by atoms with Gasteiger partial charge in [-0.05, 0) is 31.4 Å². The zero-order valence-corrected chi connectivity index (χ0v) is 7.97. The summed E-state index contributed by atoms with van der Waals surface area (Å²) in [4.78, 5) is 11.3. The lowest BCUT2D eigenvalue weighted by atomic mass is 9.89. The molecule has 1 saturated carbocycles. The van der Waals surface area contributed by atoms with Crippen molar-refractivity contribution >= 4 is 5.78 Å². The molecule has 0 aromatic heterocycles. The highest BCUT2D eigenvalue weighted by atomic mass is 16.1. The van der Waals surface area contributed by atoms with Crippen molar-refractivity contribution in [2.24, 2.45) is 5.73 Å². The van der Waals surface area contributed by atoms with Crippen LogP contribution in [0.15, 0.2) is 35.6 Å². The van der Waals surface area contributed by atoms with Gasteiger partial charge in [-0.1, -0.05) is 12.7 Å². The third-order valence-electron chi connectivity index (χ3n) is 2.12. The third-order valence-corrected chi connectivity index (χ3v) is 2.12. The molecule has 1 fully saturated rings. The number of carbonyl (C=O) groups excluding carboxylic acids is 1. The Kier molecular flexibility index (Phi) is 3.07. The molecule has 0 aromatic carbocycles. The first kappa shape index (κ1) is 9.78. The molecule has 0 aliphatic heterocycles. The molecule has 2 heteroatoms. The van der Waals surface area contributed by atoms with Crippen LogP contribution >= 0.6 is 0 Å². The van der Waals surface area contributed by atoms with Crippen LogP contribution in [0.1, 0.15) is 26.2 Å². The van der Waals surface area contributed by atoms with Gasteiger partial charge in [-0.15, -0.1) is 0 Å². The molecular weight excluding hydrogens is 162 g/mol. The van der Waals surface area contributed by atoms with Gasteiger partial charge in [-0.3, -0.25) is 4.79 Å². The number of allylic oxidation sites excluding steroid dienone is 5. The maximum atomic E-state index is 11.3. The van der Waals surface area contributed by atoms with Gasteiger partial charge in [0, 0.05) is 17.7 Å². The summed E-state index contributed by atoms with van der Waals surface area (Å²) in [5, 5.41) is 0. The van der Waals surface area contributed by atoms with Gasteiger partial charge >= 0.3 is 0 Å². The maximum Gasteiger partial charge on any atom is 0.162 e. The average molecular weight is 177 g/mol. The number of ketones is 1. The van der Waals surface area contributed by atoms with E-state index in [9.17, 15) is 4.79 Å². The molecule has 0 spiro atoms. The summed E-state index contributed by atoms with van der Waals surface area (Å²) in [6.45, 7) is 5.59. The maximum absolute atomic E-state index is 11.3. The van der Waals surface area contributed by atoms with Gasteiger partial charge in [-0.2, -0.15) is 0 Å². The minimum atomic E-state index is 0.167. The van der Waals surface area contributed by atoms with E-state index in [2.05, 4.69) is 6.58 Å². The number of nitrogens with two attached hydrogens (primary N) is 1. The predicted molar refractivity (Wildman–Crippen MR) is 54.0 cm³/mol. The lowest BCUT2D eigenvalue weighted by Crippen LogP contribution is -2.10. The van der Waals surface area contributed by atoms with E-state index in [4.69, 9.17) is 5.73 Å². The van der Waals surface area contributed by atoms with Crippen molar-refractivity contribution in [3.8, 4) is 0 Å². The molecule has 13 heavy (non-hydrogen) atoms. The first-order valence-electron chi connectivity index (χ1n) is 4.46. The van der Waals surface area contributed by atoms with E-state index in [0.29, 0.717) is 12.0 Å². The molecule has 0 heterocycles. The molecule has 1 rings (SSSR count). The van der Waals surface area contributed by atoms with Crippen molar-refractivity contribution in [2.45, 2.75) is 26.2 Å². The lowest BCUT2D eigenvalue weighted by molar-refractivity contribution is -0.115. The fraction of sp³-hybridized carbons (Fsp3) is 0.364. The molecule has 0 bridgehead atoms. The van der Waals surface area contributed by atoms with Crippen LogP contribution < -0.4 is 5.73 Å². The van der Waals surface area contributed by atoms with Crippen molar-refractivity contribution in [2.75, 3.05) is 0 Å². The normalized spacial score (nSPS) is 22.5. The standard InChI is InChI=1S/C11H15NO/c1-8(12)6-7-10-4-3-5-11(13)9(10)2/h6-7H,2-5,12H2,1H3/b8-6+,10-7-. The molecule has 0 aromatic rings. The molecule has 0 saturated heterocycles. The van der Waals surface area contributed by atoms with Crippen molar-refractivity contribution in [1.82, 2.24) is 0 Å². The first-order valence-corrected chi connectivity index (χ1v) is 4.46. The van der Waals surface area contributed by atoms with Crippen molar-refractivity contribution in [3.05, 3.63) is 35.6 Å². The molecule has 2 N–H and O–H groups in total. The molecule has 70 valence electrons. The molecule has 0 unspecified atom stereocenters. The van der Waals surface area contributed by atoms with Gasteiger partial charge < -0.3 is 5.73 Å². The monoisotopic (exact) mass is 177 g/mol. The Bertz CT molecular complexity index is 293. The topological polar surface area (TPSA) is 43.1 Å². The van der Waals surface area contributed by atoms with Gasteiger partial charge in [0.15, 0.2) is 5.78 Å². The molecule has 0 radical (unpaired) electrons. The van der Waals surface area contributed by atoms with E-state index in [1.165, 1.54) is 0 Å². The minimum absolute atomic E-state index is 0.167. The highest BCUT2D eigenvalue weighted by Crippen LogP contribution is 2.24. The van der Waals surface area contributed by atoms with Crippen molar-refractivity contribution in [3.63, 3.8) is 0 Å². The summed E-state index contributed by atoms with van der Waals surface area (Å²) in [7, 11) is 0. The Morgan fingerprint density at radius 1 is 1.54 bits per heavy atom. The van der Waals surface area contributed by atoms with E-state index in [-0.39, 0.29) is 5.78 Å². The summed E-state index contributed by atoms with van der Waals surface area (Å²) >= 11 is 0. The lowest BCUT2D eigenvalue weighted by Gasteiger charge is -2.14. The van der Waals surface area contributed by atoms with Crippen LogP contribution in [0.2, 0.25) is 0 Å². The zero-order valence-electron chi connectivity index (χ0n) is 7.97. The summed E-state index contributed by atoms with van der Waals surface area (Å²) in [5.74, 6) is 0.167. The van der Waals surface area contributed by atoms with Gasteiger partial charge in [0.1, 0.15) is 0 Å². The average Bonchev–Trinajstić information content (AvgIpc) is 2.07. The van der Waals surface area contributed by atoms with E-state index < -0.39 is 0 Å². The van der Waals surface area contributed by atoms with Crippen LogP contribution in [0.25, 0.3) is 0 Å². The smallest absolute Gasteiger partial charge is 0.162 e. The molecule has 1 aliphatic rings. The quantitative estimate of drug-likeness (QED) is 0.623. The van der Waals surface area contributed by atoms with Crippen molar-refractivity contribution < 1.29 is 4.79 Å². The predicted octanol–water partition coefficient (Wildman–Crippen LogP) is 2.08. The van der Waals surface area contributed by atoms with Crippen molar-refractivity contribution in [1.29, 1.82) is 0 Å². The third kappa shape index (κ3) is 2.58. The fourth-order valence-electron chi connectivity index (χ4n) is 1.34. The molecule has 0 amide bonds. The first-order chi connectivity index (χ1) is 6.11. The number of hydrogen-bond acceptors (Lipinski definition) is 2. The van der Waals surface area contributed by atoms with Crippen LogP contribution in [-0.4, -0.2) is 5.78 Å². The van der Waals surface area contributed by atoms with E-state index >= 15 is 0 Å². The zero-order chi connectivity index (χ0) is 9.84. The Hall–Kier alpha value is -1.31. The molecule has 0 atom stereocenters. The van der Waals surface area contributed by atoms with Gasteiger partial charge in [0.25, 0.3) is 0 Å². The van der Waals surface area contributed by atoms with Gasteiger partial charge in [0.2, 0.25) is 0 Å². The second kappa shape index (κ2) is 4.08. The Morgan fingerprint density at radius 3 is 2.85 bits per heavy atom. The Balaban J connectivity index is 2.80. The summed E-state index contributed by atoms with van der Waals surface area (Å²) in [6.07, 6.45) is 6.23. The Morgan fingerprint density at radius 2 is 2.23 bits per heavy atom. The second-order valence-electron chi connectivity index (χ2n) is 3.36. The van der Waals surface area contributed by atoms with Crippen LogP contribution in [0, 0.1) is 0 Å². The second-order valence-corrected chi connectivity index (χ2v) is 3.36. The SMILES string of the molecule is C=C1C(=O)CCC/C1=C/C=C(\C)N. The molecule has 2 nitrogen and oxygen atoms in total. The summed E-state index contributed by atoms with van der Waals surface area (Å²) in [6, 6.07) is 0. The van der Waals surface area contributed by atoms with Gasteiger partial charge in [-0.25, -0.2) is 0 Å². The number of carbonyl (C=O) groups is 1. The molecule has 1 aliphatic carbocycles. The number of Topliss-reactive ketones (excluding diaryl/α,β-unsaturated/α-hetero) is 1. The van der Waals surface area contributed by atoms with E-state index in [0.717, 1.165) is 24.1 Å². The van der Waals surface area contributed by atoms with E-state index in [1.807, 2.05) is 19.1 Å². The largest absolute Gasteiger partial charge is 0.402 e. The summed E-state index contributed by atoms with van der Waals surface area (Å²) < 4.78 is 0. The van der Waals surface area contributed by atoms with Gasteiger partial charge in [0.05, 0.1) is 0 Å². The van der Waals surface area contributed by atoms with E-state index in [1.54, 1.807) is 0 Å². The van der Waals surface area contributed by atoms with Crippen LogP contribution in [0.3, 0.4) is 0 Å². The fourth-order valence-corrected chi connectivity index (χ4v) is 1.34. The van der Waals surface area contributed by atoms with Crippen LogP contribution in [-0.2, 0) is 4.79 Å². The molecular formula is C11H15NO. The highest BCUT2D eigenvalue weighted by Gasteiger charge is 2.16.